The number of hydrogen-bond donors (Lipinski definition) is 6. The molecular weight excluding hydrogens is 612 g/mol. The smallest absolute Gasteiger partial charge is 0.303 e. The largest absolute Gasteiger partial charge is 0.481 e. The number of hydrogen-bond acceptors (Lipinski definition) is 6. The molecular formula is C39H74O9. The Morgan fingerprint density at radius 2 is 0.542 bits per heavy atom. The van der Waals surface area contributed by atoms with Crippen LogP contribution in [0.15, 0.2) is 0 Å². The first kappa shape index (κ1) is 46.3. The molecule has 0 aliphatic carbocycles. The second-order valence-corrected chi connectivity index (χ2v) is 14.5. The highest BCUT2D eigenvalue weighted by molar-refractivity contribution is 5.67. The first-order valence-corrected chi connectivity index (χ1v) is 19.7. The average molecular weight is 687 g/mol. The van der Waals surface area contributed by atoms with Crippen LogP contribution in [0.3, 0.4) is 0 Å². The molecule has 48 heavy (non-hydrogen) atoms. The van der Waals surface area contributed by atoms with Gasteiger partial charge >= 0.3 is 17.9 Å². The zero-order valence-corrected chi connectivity index (χ0v) is 30.4. The first-order valence-electron chi connectivity index (χ1n) is 19.7. The van der Waals surface area contributed by atoms with E-state index in [1.807, 2.05) is 0 Å². The Hall–Kier alpha value is -1.71. The second kappa shape index (κ2) is 31.3. The van der Waals surface area contributed by atoms with Crippen molar-refractivity contribution in [1.82, 2.24) is 0 Å². The Labute approximate surface area is 292 Å². The average Bonchev–Trinajstić information content (AvgIpc) is 3.05. The molecule has 0 aromatic heterocycles. The van der Waals surface area contributed by atoms with Gasteiger partial charge in [-0.05, 0) is 50.4 Å². The summed E-state index contributed by atoms with van der Waals surface area (Å²) in [5, 5.41) is 58.1. The molecule has 284 valence electrons. The second-order valence-electron chi connectivity index (χ2n) is 14.5. The summed E-state index contributed by atoms with van der Waals surface area (Å²) in [6, 6.07) is 0. The van der Waals surface area contributed by atoms with Crippen molar-refractivity contribution in [2.75, 3.05) is 19.8 Å². The van der Waals surface area contributed by atoms with Crippen LogP contribution in [0.25, 0.3) is 0 Å². The van der Waals surface area contributed by atoms with E-state index >= 15 is 0 Å². The van der Waals surface area contributed by atoms with Crippen LogP contribution in [-0.2, 0) is 14.4 Å². The van der Waals surface area contributed by atoms with E-state index in [1.54, 1.807) is 0 Å². The van der Waals surface area contributed by atoms with Gasteiger partial charge in [0.05, 0.1) is 13.2 Å². The highest BCUT2D eigenvalue weighted by atomic mass is 16.4. The molecule has 0 bridgehead atoms. The summed E-state index contributed by atoms with van der Waals surface area (Å²) in [5.41, 5.74) is -0.968. The van der Waals surface area contributed by atoms with E-state index in [0.717, 1.165) is 173 Å². The van der Waals surface area contributed by atoms with Gasteiger partial charge in [0.2, 0.25) is 0 Å². The third-order valence-corrected chi connectivity index (χ3v) is 10.7. The minimum Gasteiger partial charge on any atom is -0.481 e. The molecule has 0 spiro atoms. The van der Waals surface area contributed by atoms with Crippen LogP contribution in [0.1, 0.15) is 199 Å². The third kappa shape index (κ3) is 23.6. The Morgan fingerprint density at radius 3 is 0.750 bits per heavy atom. The molecule has 0 aromatic carbocycles. The van der Waals surface area contributed by atoms with Crippen LogP contribution in [-0.4, -0.2) is 68.4 Å². The van der Waals surface area contributed by atoms with Crippen LogP contribution in [0.5, 0.6) is 0 Å². The van der Waals surface area contributed by atoms with Crippen molar-refractivity contribution < 1.29 is 45.0 Å². The summed E-state index contributed by atoms with van der Waals surface area (Å²) >= 11 is 0. The van der Waals surface area contributed by atoms with Gasteiger partial charge in [0.25, 0.3) is 0 Å². The van der Waals surface area contributed by atoms with Gasteiger partial charge in [-0.25, -0.2) is 0 Å². The predicted molar refractivity (Wildman–Crippen MR) is 192 cm³/mol. The van der Waals surface area contributed by atoms with Crippen molar-refractivity contribution in [3.63, 3.8) is 0 Å². The lowest BCUT2D eigenvalue weighted by atomic mass is 9.55. The summed E-state index contributed by atoms with van der Waals surface area (Å²) in [7, 11) is 0. The van der Waals surface area contributed by atoms with E-state index in [4.69, 9.17) is 15.3 Å². The molecule has 0 aliphatic heterocycles. The molecule has 0 saturated carbocycles. The van der Waals surface area contributed by atoms with E-state index in [0.29, 0.717) is 6.42 Å². The van der Waals surface area contributed by atoms with Crippen molar-refractivity contribution in [1.29, 1.82) is 0 Å². The molecule has 6 N–H and O–H groups in total. The van der Waals surface area contributed by atoms with E-state index in [-0.39, 0.29) is 44.5 Å². The van der Waals surface area contributed by atoms with Crippen molar-refractivity contribution in [3.8, 4) is 0 Å². The number of carbonyl (C=O) groups is 3. The first-order chi connectivity index (χ1) is 23.2. The standard InChI is InChI=1S/C39H74O9/c40-32-31-39(33-41,34-42)38(28-22-16-10-4-1-7-13-19-25-35(43)44,29-23-17-11-5-2-8-14-20-26-36(45)46)30-24-18-12-6-3-9-15-21-27-37(47)48/h40-42H,1-34H2,(H,43,44)(H,45,46)(H,47,48). The lowest BCUT2D eigenvalue weighted by Gasteiger charge is -2.50. The fraction of sp³-hybridized carbons (Fsp3) is 0.923. The number of carboxylic acids is 3. The van der Waals surface area contributed by atoms with E-state index in [2.05, 4.69) is 0 Å². The Bertz CT molecular complexity index is 698. The number of carboxylic acid groups (broad SMARTS) is 3. The minimum absolute atomic E-state index is 0.0610. The van der Waals surface area contributed by atoms with Crippen molar-refractivity contribution in [2.24, 2.45) is 10.8 Å². The predicted octanol–water partition coefficient (Wildman–Crippen LogP) is 9.28. The number of rotatable bonds is 38. The highest BCUT2D eigenvalue weighted by Gasteiger charge is 2.48. The van der Waals surface area contributed by atoms with Gasteiger partial charge in [-0.1, -0.05) is 135 Å². The van der Waals surface area contributed by atoms with Crippen LogP contribution in [0.4, 0.5) is 0 Å². The van der Waals surface area contributed by atoms with Gasteiger partial charge in [0.15, 0.2) is 0 Å². The van der Waals surface area contributed by atoms with Crippen molar-refractivity contribution in [3.05, 3.63) is 0 Å². The Morgan fingerprint density at radius 1 is 0.312 bits per heavy atom. The fourth-order valence-electron chi connectivity index (χ4n) is 7.59. The molecule has 0 unspecified atom stereocenters. The zero-order valence-electron chi connectivity index (χ0n) is 30.4. The van der Waals surface area contributed by atoms with Gasteiger partial charge in [-0.15, -0.1) is 0 Å². The molecule has 0 aromatic rings. The van der Waals surface area contributed by atoms with Gasteiger partial charge < -0.3 is 30.6 Å². The van der Waals surface area contributed by atoms with Crippen molar-refractivity contribution >= 4 is 17.9 Å². The summed E-state index contributed by atoms with van der Waals surface area (Å²) in [6.45, 7) is -0.325. The fourth-order valence-corrected chi connectivity index (χ4v) is 7.59. The molecule has 0 atom stereocenters. The maximum absolute atomic E-state index is 10.8. The Kier molecular flexibility index (Phi) is 30.2. The normalized spacial score (nSPS) is 12.1. The molecule has 9 nitrogen and oxygen atoms in total. The number of unbranched alkanes of at least 4 members (excludes halogenated alkanes) is 21. The monoisotopic (exact) mass is 687 g/mol. The number of aliphatic hydroxyl groups excluding tert-OH is 3. The Balaban J connectivity index is 5.15. The highest BCUT2D eigenvalue weighted by Crippen LogP contribution is 2.53. The van der Waals surface area contributed by atoms with Gasteiger partial charge in [-0.3, -0.25) is 14.4 Å². The van der Waals surface area contributed by atoms with Crippen LogP contribution in [0, 0.1) is 10.8 Å². The lowest BCUT2D eigenvalue weighted by Crippen LogP contribution is -2.48. The summed E-state index contributed by atoms with van der Waals surface area (Å²) in [4.78, 5) is 32.1. The molecule has 9 heteroatoms. The molecule has 0 heterocycles. The number of aliphatic carboxylic acids is 3. The van der Waals surface area contributed by atoms with E-state index < -0.39 is 23.3 Å². The van der Waals surface area contributed by atoms with Crippen LogP contribution >= 0.6 is 0 Å². The SMILES string of the molecule is O=C(O)CCCCCCCCCCC(CCCCCCCCCCC(=O)O)(CCCCCCCCCCC(=O)O)C(CO)(CO)CCO. The molecule has 0 fully saturated rings. The molecule has 0 aliphatic rings. The number of aliphatic hydroxyl groups is 3. The maximum atomic E-state index is 10.8. The zero-order chi connectivity index (χ0) is 35.8. The van der Waals surface area contributed by atoms with Gasteiger partial charge in [0.1, 0.15) is 0 Å². The summed E-state index contributed by atoms with van der Waals surface area (Å²) < 4.78 is 0. The third-order valence-electron chi connectivity index (χ3n) is 10.7. The summed E-state index contributed by atoms with van der Waals surface area (Å²) in [6.07, 6.45) is 28.7. The summed E-state index contributed by atoms with van der Waals surface area (Å²) in [5.74, 6) is -2.18. The molecule has 0 amide bonds. The van der Waals surface area contributed by atoms with Gasteiger partial charge in [0, 0.05) is 31.3 Å². The molecule has 0 saturated heterocycles. The quantitative estimate of drug-likeness (QED) is 0.0346. The van der Waals surface area contributed by atoms with Crippen molar-refractivity contribution in [2.45, 2.75) is 199 Å². The van der Waals surface area contributed by atoms with E-state index in [1.165, 1.54) is 0 Å². The van der Waals surface area contributed by atoms with E-state index in [9.17, 15) is 29.7 Å². The van der Waals surface area contributed by atoms with Gasteiger partial charge in [-0.2, -0.15) is 0 Å². The molecule has 0 rings (SSSR count). The molecule has 0 radical (unpaired) electrons. The topological polar surface area (TPSA) is 173 Å². The minimum atomic E-state index is -0.726. The lowest BCUT2D eigenvalue weighted by molar-refractivity contribution is -0.138. The van der Waals surface area contributed by atoms with Crippen LogP contribution < -0.4 is 0 Å². The maximum Gasteiger partial charge on any atom is 0.303 e. The van der Waals surface area contributed by atoms with Crippen LogP contribution in [0.2, 0.25) is 0 Å².